The van der Waals surface area contributed by atoms with Gasteiger partial charge in [0.1, 0.15) is 17.3 Å². The van der Waals surface area contributed by atoms with Crippen LogP contribution in [0, 0.1) is 6.92 Å². The van der Waals surface area contributed by atoms with Crippen molar-refractivity contribution in [1.82, 2.24) is 19.9 Å². The summed E-state index contributed by atoms with van der Waals surface area (Å²) in [7, 11) is 3.10. The van der Waals surface area contributed by atoms with Crippen LogP contribution in [0.5, 0.6) is 5.88 Å². The van der Waals surface area contributed by atoms with Gasteiger partial charge in [0.15, 0.2) is 5.82 Å². The van der Waals surface area contributed by atoms with Gasteiger partial charge in [-0.1, -0.05) is 19.1 Å². The van der Waals surface area contributed by atoms with E-state index in [-0.39, 0.29) is 18.1 Å². The summed E-state index contributed by atoms with van der Waals surface area (Å²) >= 11 is 1.27. The molecule has 9 nitrogen and oxygen atoms in total. The zero-order valence-electron chi connectivity index (χ0n) is 18.7. The molecule has 1 amide bonds. The van der Waals surface area contributed by atoms with E-state index in [2.05, 4.69) is 25.3 Å². The maximum absolute atomic E-state index is 13.1. The second-order valence-electron chi connectivity index (χ2n) is 7.29. The SMILES string of the molecule is CCc1cc(=O)[nH]c(-c2cccc(NC(=O)c3sc4nc(COC)nc(OC)c4c3C)c2)n1. The van der Waals surface area contributed by atoms with Gasteiger partial charge in [-0.25, -0.2) is 9.97 Å². The number of hydrogen-bond donors (Lipinski definition) is 2. The van der Waals surface area contributed by atoms with Crippen molar-refractivity contribution in [1.29, 1.82) is 0 Å². The van der Waals surface area contributed by atoms with E-state index in [4.69, 9.17) is 9.47 Å². The summed E-state index contributed by atoms with van der Waals surface area (Å²) in [6, 6.07) is 8.66. The van der Waals surface area contributed by atoms with Crippen LogP contribution in [0.25, 0.3) is 21.6 Å². The predicted octanol–water partition coefficient (Wildman–Crippen LogP) is 3.72. The number of amides is 1. The molecule has 4 rings (SSSR count). The lowest BCUT2D eigenvalue weighted by Crippen LogP contribution is -2.12. The third-order valence-electron chi connectivity index (χ3n) is 5.03. The average Bonchev–Trinajstić information content (AvgIpc) is 3.15. The molecular formula is C23H23N5O4S. The quantitative estimate of drug-likeness (QED) is 0.427. The van der Waals surface area contributed by atoms with Gasteiger partial charge in [0.05, 0.1) is 17.4 Å². The summed E-state index contributed by atoms with van der Waals surface area (Å²) in [6.45, 7) is 4.02. The van der Waals surface area contributed by atoms with E-state index in [1.165, 1.54) is 24.5 Å². The molecule has 0 fully saturated rings. The fourth-order valence-corrected chi connectivity index (χ4v) is 4.55. The number of methoxy groups -OCH3 is 2. The molecule has 4 aromatic rings. The number of carbonyl (C=O) groups excluding carboxylic acids is 1. The summed E-state index contributed by atoms with van der Waals surface area (Å²) in [5.74, 6) is 1.08. The van der Waals surface area contributed by atoms with Crippen molar-refractivity contribution in [3.63, 3.8) is 0 Å². The number of benzene rings is 1. The Morgan fingerprint density at radius 3 is 2.73 bits per heavy atom. The molecule has 3 aromatic heterocycles. The number of aryl methyl sites for hydroxylation is 2. The van der Waals surface area contributed by atoms with E-state index >= 15 is 0 Å². The van der Waals surface area contributed by atoms with Crippen molar-refractivity contribution in [2.45, 2.75) is 26.9 Å². The highest BCUT2D eigenvalue weighted by molar-refractivity contribution is 7.20. The van der Waals surface area contributed by atoms with E-state index in [0.29, 0.717) is 56.0 Å². The van der Waals surface area contributed by atoms with Crippen molar-refractivity contribution in [2.75, 3.05) is 19.5 Å². The minimum absolute atomic E-state index is 0.213. The molecular weight excluding hydrogens is 442 g/mol. The number of rotatable bonds is 7. The number of ether oxygens (including phenoxy) is 2. The zero-order chi connectivity index (χ0) is 23.5. The van der Waals surface area contributed by atoms with Gasteiger partial charge in [0.25, 0.3) is 11.5 Å². The lowest BCUT2D eigenvalue weighted by atomic mass is 10.1. The molecule has 0 spiro atoms. The number of hydrogen-bond acceptors (Lipinski definition) is 8. The molecule has 10 heteroatoms. The van der Waals surface area contributed by atoms with Crippen molar-refractivity contribution < 1.29 is 14.3 Å². The largest absolute Gasteiger partial charge is 0.480 e. The molecule has 33 heavy (non-hydrogen) atoms. The monoisotopic (exact) mass is 465 g/mol. The lowest BCUT2D eigenvalue weighted by molar-refractivity contribution is 0.103. The molecule has 0 unspecified atom stereocenters. The minimum Gasteiger partial charge on any atom is -0.480 e. The Labute approximate surface area is 193 Å². The van der Waals surface area contributed by atoms with Crippen LogP contribution in [0.4, 0.5) is 5.69 Å². The first kappa shape index (κ1) is 22.6. The van der Waals surface area contributed by atoms with Gasteiger partial charge in [-0.2, -0.15) is 4.98 Å². The lowest BCUT2D eigenvalue weighted by Gasteiger charge is -2.08. The number of H-pyrrole nitrogens is 1. The standard InChI is InChI=1S/C23H23N5O4S/c1-5-14-10-17(29)28-20(24-14)13-7-6-8-15(9-13)25-21(30)19-12(2)18-22(32-4)26-16(11-31-3)27-23(18)33-19/h6-10H,5,11H2,1-4H3,(H,25,30)(H,24,28,29). The van der Waals surface area contributed by atoms with Crippen LogP contribution in [0.1, 0.15) is 33.7 Å². The Bertz CT molecular complexity index is 1400. The van der Waals surface area contributed by atoms with Crippen LogP contribution in [-0.2, 0) is 17.8 Å². The Morgan fingerprint density at radius 1 is 1.18 bits per heavy atom. The average molecular weight is 466 g/mol. The number of fused-ring (bicyclic) bond motifs is 1. The highest BCUT2D eigenvalue weighted by Gasteiger charge is 2.21. The fraction of sp³-hybridized carbons (Fsp3) is 0.261. The number of aromatic amines is 1. The number of aromatic nitrogens is 4. The molecule has 2 N–H and O–H groups in total. The smallest absolute Gasteiger partial charge is 0.266 e. The Morgan fingerprint density at radius 2 is 2.00 bits per heavy atom. The Balaban J connectivity index is 1.66. The normalized spacial score (nSPS) is 11.0. The van der Waals surface area contributed by atoms with Gasteiger partial charge in [-0.15, -0.1) is 11.3 Å². The molecule has 0 aliphatic rings. The van der Waals surface area contributed by atoms with Gasteiger partial charge in [-0.05, 0) is 31.0 Å². The van der Waals surface area contributed by atoms with E-state index in [0.717, 1.165) is 5.56 Å². The highest BCUT2D eigenvalue weighted by Crippen LogP contribution is 2.35. The number of anilines is 1. The van der Waals surface area contributed by atoms with Crippen LogP contribution < -0.4 is 15.6 Å². The van der Waals surface area contributed by atoms with Crippen molar-refractivity contribution >= 4 is 33.1 Å². The van der Waals surface area contributed by atoms with Gasteiger partial charge in [0.2, 0.25) is 5.88 Å². The first-order chi connectivity index (χ1) is 15.9. The molecule has 0 saturated heterocycles. The van der Waals surface area contributed by atoms with Gasteiger partial charge >= 0.3 is 0 Å². The molecule has 0 radical (unpaired) electrons. The number of nitrogens with zero attached hydrogens (tertiary/aromatic N) is 3. The molecule has 0 bridgehead atoms. The number of thiophene rings is 1. The van der Waals surface area contributed by atoms with Gasteiger partial charge < -0.3 is 19.8 Å². The summed E-state index contributed by atoms with van der Waals surface area (Å²) < 4.78 is 10.6. The van der Waals surface area contributed by atoms with Crippen molar-refractivity contribution in [3.05, 3.63) is 62.6 Å². The maximum Gasteiger partial charge on any atom is 0.266 e. The summed E-state index contributed by atoms with van der Waals surface area (Å²) in [4.78, 5) is 42.3. The van der Waals surface area contributed by atoms with E-state index < -0.39 is 0 Å². The van der Waals surface area contributed by atoms with Crippen LogP contribution in [0.3, 0.4) is 0 Å². The van der Waals surface area contributed by atoms with Crippen molar-refractivity contribution in [3.8, 4) is 17.3 Å². The van der Waals surface area contributed by atoms with E-state index in [9.17, 15) is 9.59 Å². The fourth-order valence-electron chi connectivity index (χ4n) is 3.46. The molecule has 1 aromatic carbocycles. The van der Waals surface area contributed by atoms with E-state index in [1.54, 1.807) is 25.3 Å². The second kappa shape index (κ2) is 9.47. The Kier molecular flexibility index (Phi) is 6.47. The Hall–Kier alpha value is -3.63. The minimum atomic E-state index is -0.272. The highest BCUT2D eigenvalue weighted by atomic mass is 32.1. The summed E-state index contributed by atoms with van der Waals surface area (Å²) in [5, 5.41) is 3.64. The van der Waals surface area contributed by atoms with Crippen LogP contribution >= 0.6 is 11.3 Å². The number of nitrogens with one attached hydrogen (secondary N) is 2. The van der Waals surface area contributed by atoms with Crippen LogP contribution in [-0.4, -0.2) is 40.1 Å². The number of carbonyl (C=O) groups is 1. The third kappa shape index (κ3) is 4.62. The van der Waals surface area contributed by atoms with Gasteiger partial charge in [0, 0.05) is 30.1 Å². The first-order valence-electron chi connectivity index (χ1n) is 10.3. The molecule has 170 valence electrons. The predicted molar refractivity (Wildman–Crippen MR) is 127 cm³/mol. The van der Waals surface area contributed by atoms with Gasteiger partial charge in [-0.3, -0.25) is 9.59 Å². The summed E-state index contributed by atoms with van der Waals surface area (Å²) in [6.07, 6.45) is 0.650. The summed E-state index contributed by atoms with van der Waals surface area (Å²) in [5.41, 5.74) is 2.51. The zero-order valence-corrected chi connectivity index (χ0v) is 19.5. The first-order valence-corrected chi connectivity index (χ1v) is 11.1. The van der Waals surface area contributed by atoms with E-state index in [1.807, 2.05) is 19.9 Å². The third-order valence-corrected chi connectivity index (χ3v) is 6.21. The second-order valence-corrected chi connectivity index (χ2v) is 8.29. The molecule has 0 aliphatic heterocycles. The molecule has 0 saturated carbocycles. The van der Waals surface area contributed by atoms with Crippen LogP contribution in [0.15, 0.2) is 35.1 Å². The maximum atomic E-state index is 13.1. The molecule has 0 aliphatic carbocycles. The van der Waals surface area contributed by atoms with Crippen LogP contribution in [0.2, 0.25) is 0 Å². The molecule has 0 atom stereocenters. The van der Waals surface area contributed by atoms with Crippen molar-refractivity contribution in [2.24, 2.45) is 0 Å². The molecule has 3 heterocycles. The topological polar surface area (TPSA) is 119 Å².